The van der Waals surface area contributed by atoms with E-state index in [4.69, 9.17) is 9.15 Å². The topological polar surface area (TPSA) is 67.2 Å². The van der Waals surface area contributed by atoms with Gasteiger partial charge >= 0.3 is 0 Å². The highest BCUT2D eigenvalue weighted by molar-refractivity contribution is 5.90. The Morgan fingerprint density at radius 1 is 1.19 bits per heavy atom. The lowest BCUT2D eigenvalue weighted by molar-refractivity contribution is -0.00641. The summed E-state index contributed by atoms with van der Waals surface area (Å²) in [5.74, 6) is 2.07. The average molecular weight is 362 g/mol. The van der Waals surface area contributed by atoms with Crippen LogP contribution in [0.3, 0.4) is 0 Å². The lowest BCUT2D eigenvalue weighted by Gasteiger charge is -2.35. The Balaban J connectivity index is 1.65. The third-order valence-corrected chi connectivity index (χ3v) is 4.78. The van der Waals surface area contributed by atoms with Crippen LogP contribution >= 0.6 is 0 Å². The van der Waals surface area contributed by atoms with E-state index in [1.54, 1.807) is 6.08 Å². The van der Waals surface area contributed by atoms with Gasteiger partial charge in [0.25, 0.3) is 0 Å². The monoisotopic (exact) mass is 362 g/mol. The molecule has 0 bridgehead atoms. The highest BCUT2D eigenvalue weighted by Crippen LogP contribution is 2.26. The summed E-state index contributed by atoms with van der Waals surface area (Å²) in [7, 11) is 1.92. The normalized spacial score (nSPS) is 20.8. The molecular weight excluding hydrogens is 340 g/mol. The van der Waals surface area contributed by atoms with E-state index < -0.39 is 0 Å². The van der Waals surface area contributed by atoms with Crippen molar-refractivity contribution in [3.05, 3.63) is 48.0 Å². The van der Waals surface area contributed by atoms with Crippen molar-refractivity contribution in [3.8, 4) is 6.07 Å². The predicted molar refractivity (Wildman–Crippen MR) is 105 cm³/mol. The first kappa shape index (κ1) is 17.4. The number of hydrogen-bond donors (Lipinski definition) is 0. The van der Waals surface area contributed by atoms with Crippen LogP contribution in [0.1, 0.15) is 25.4 Å². The molecule has 2 unspecified atom stereocenters. The molecule has 6 nitrogen and oxygen atoms in total. The number of morpholine rings is 1. The fourth-order valence-corrected chi connectivity index (χ4v) is 3.62. The van der Waals surface area contributed by atoms with Crippen LogP contribution in [-0.4, -0.2) is 34.8 Å². The van der Waals surface area contributed by atoms with Gasteiger partial charge in [-0.15, -0.1) is 0 Å². The SMILES string of the molecule is CC1CN(c2ccc(/C=C(\C#N)c3nc4ccccc4n3C)o2)CC(C)O1. The number of fused-ring (bicyclic) bond motifs is 1. The highest BCUT2D eigenvalue weighted by Gasteiger charge is 2.24. The van der Waals surface area contributed by atoms with E-state index in [1.807, 2.05) is 48.0 Å². The standard InChI is InChI=1S/C21H22N4O2/c1-14-12-25(13-15(2)26-14)20-9-8-17(27-20)10-16(11-22)21-23-18-6-4-5-7-19(18)24(21)3/h4-10,14-15H,12-13H2,1-3H3/b16-10+. The van der Waals surface area contributed by atoms with Crippen molar-refractivity contribution in [2.24, 2.45) is 7.05 Å². The van der Waals surface area contributed by atoms with Gasteiger partial charge in [0, 0.05) is 32.3 Å². The fraction of sp³-hybridized carbons (Fsp3) is 0.333. The summed E-state index contributed by atoms with van der Waals surface area (Å²) >= 11 is 0. The summed E-state index contributed by atoms with van der Waals surface area (Å²) in [6.07, 6.45) is 2.07. The quantitative estimate of drug-likeness (QED) is 0.662. The zero-order valence-corrected chi connectivity index (χ0v) is 15.7. The molecule has 2 atom stereocenters. The van der Waals surface area contributed by atoms with E-state index in [0.717, 1.165) is 30.0 Å². The fourth-order valence-electron chi connectivity index (χ4n) is 3.62. The average Bonchev–Trinajstić information content (AvgIpc) is 3.24. The number of ether oxygens (including phenoxy) is 1. The number of benzene rings is 1. The lowest BCUT2D eigenvalue weighted by Crippen LogP contribution is -2.45. The lowest BCUT2D eigenvalue weighted by atomic mass is 10.2. The summed E-state index contributed by atoms with van der Waals surface area (Å²) in [5.41, 5.74) is 2.33. The largest absolute Gasteiger partial charge is 0.441 e. The molecule has 1 fully saturated rings. The number of aromatic nitrogens is 2. The Kier molecular flexibility index (Phi) is 4.46. The number of furan rings is 1. The van der Waals surface area contributed by atoms with Crippen molar-refractivity contribution in [1.29, 1.82) is 5.26 Å². The van der Waals surface area contributed by atoms with Crippen LogP contribution in [0, 0.1) is 11.3 Å². The number of aryl methyl sites for hydroxylation is 1. The molecule has 1 saturated heterocycles. The van der Waals surface area contributed by atoms with Crippen molar-refractivity contribution in [2.45, 2.75) is 26.1 Å². The van der Waals surface area contributed by atoms with Gasteiger partial charge in [-0.2, -0.15) is 5.26 Å². The summed E-state index contributed by atoms with van der Waals surface area (Å²) < 4.78 is 13.7. The molecule has 1 aliphatic heterocycles. The molecule has 1 aliphatic rings. The minimum absolute atomic E-state index is 0.160. The van der Waals surface area contributed by atoms with E-state index in [1.165, 1.54) is 0 Å². The number of anilines is 1. The van der Waals surface area contributed by atoms with Gasteiger partial charge in [0.05, 0.1) is 28.8 Å². The van der Waals surface area contributed by atoms with Crippen LogP contribution < -0.4 is 4.90 Å². The van der Waals surface area contributed by atoms with Crippen LogP contribution in [0.5, 0.6) is 0 Å². The van der Waals surface area contributed by atoms with Crippen molar-refractivity contribution in [3.63, 3.8) is 0 Å². The number of para-hydroxylation sites is 2. The van der Waals surface area contributed by atoms with E-state index in [0.29, 0.717) is 17.2 Å². The molecule has 3 aromatic rings. The molecule has 0 N–H and O–H groups in total. The maximum Gasteiger partial charge on any atom is 0.196 e. The van der Waals surface area contributed by atoms with E-state index in [-0.39, 0.29) is 12.2 Å². The summed E-state index contributed by atoms with van der Waals surface area (Å²) in [6.45, 7) is 5.70. The smallest absolute Gasteiger partial charge is 0.196 e. The van der Waals surface area contributed by atoms with Crippen LogP contribution in [0.25, 0.3) is 22.7 Å². The van der Waals surface area contributed by atoms with Crippen molar-refractivity contribution in [2.75, 3.05) is 18.0 Å². The van der Waals surface area contributed by atoms with Crippen LogP contribution in [0.2, 0.25) is 0 Å². The van der Waals surface area contributed by atoms with Crippen LogP contribution in [0.15, 0.2) is 40.8 Å². The molecule has 0 radical (unpaired) electrons. The maximum absolute atomic E-state index is 9.68. The third kappa shape index (κ3) is 3.34. The summed E-state index contributed by atoms with van der Waals surface area (Å²) in [5, 5.41) is 9.68. The molecule has 0 amide bonds. The first-order valence-electron chi connectivity index (χ1n) is 9.09. The number of allylic oxidation sites excluding steroid dienone is 1. The Morgan fingerprint density at radius 3 is 2.63 bits per heavy atom. The predicted octanol–water partition coefficient (Wildman–Crippen LogP) is 3.84. The van der Waals surface area contributed by atoms with Crippen LogP contribution in [0.4, 0.5) is 5.88 Å². The van der Waals surface area contributed by atoms with Crippen molar-refractivity contribution < 1.29 is 9.15 Å². The second-order valence-corrected chi connectivity index (χ2v) is 6.99. The van der Waals surface area contributed by atoms with E-state index >= 15 is 0 Å². The second kappa shape index (κ2) is 6.93. The summed E-state index contributed by atoms with van der Waals surface area (Å²) in [4.78, 5) is 6.78. The Morgan fingerprint density at radius 2 is 1.93 bits per heavy atom. The van der Waals surface area contributed by atoms with E-state index in [2.05, 4.69) is 29.8 Å². The van der Waals surface area contributed by atoms with E-state index in [9.17, 15) is 5.26 Å². The first-order valence-corrected chi connectivity index (χ1v) is 9.09. The Bertz CT molecular complexity index is 1030. The third-order valence-electron chi connectivity index (χ3n) is 4.78. The molecule has 138 valence electrons. The van der Waals surface area contributed by atoms with Gasteiger partial charge < -0.3 is 18.6 Å². The van der Waals surface area contributed by atoms with Gasteiger partial charge in [-0.25, -0.2) is 4.98 Å². The molecule has 27 heavy (non-hydrogen) atoms. The molecule has 6 heteroatoms. The molecule has 2 aromatic heterocycles. The molecule has 1 aromatic carbocycles. The molecule has 3 heterocycles. The Hall–Kier alpha value is -3.04. The first-order chi connectivity index (χ1) is 13.0. The van der Waals surface area contributed by atoms with Gasteiger partial charge in [0.1, 0.15) is 11.8 Å². The van der Waals surface area contributed by atoms with Crippen molar-refractivity contribution in [1.82, 2.24) is 9.55 Å². The molecule has 4 rings (SSSR count). The molecule has 0 aliphatic carbocycles. The van der Waals surface area contributed by atoms with Gasteiger partial charge in [-0.1, -0.05) is 12.1 Å². The summed E-state index contributed by atoms with van der Waals surface area (Å²) in [6, 6.07) is 13.9. The minimum Gasteiger partial charge on any atom is -0.441 e. The molecule has 0 spiro atoms. The highest BCUT2D eigenvalue weighted by atomic mass is 16.5. The second-order valence-electron chi connectivity index (χ2n) is 6.99. The van der Waals surface area contributed by atoms with Gasteiger partial charge in [-0.05, 0) is 32.0 Å². The van der Waals surface area contributed by atoms with Crippen molar-refractivity contribution >= 4 is 28.6 Å². The minimum atomic E-state index is 0.160. The zero-order valence-electron chi connectivity index (χ0n) is 15.7. The molecule has 0 saturated carbocycles. The van der Waals surface area contributed by atoms with Crippen LogP contribution in [-0.2, 0) is 11.8 Å². The Labute approximate surface area is 158 Å². The number of hydrogen-bond acceptors (Lipinski definition) is 5. The number of rotatable bonds is 3. The zero-order chi connectivity index (χ0) is 19.0. The molecular formula is C21H22N4O2. The number of nitrogens with zero attached hydrogens (tertiary/aromatic N) is 4. The number of imidazole rings is 1. The maximum atomic E-state index is 9.68. The van der Waals surface area contributed by atoms with Gasteiger partial charge in [-0.3, -0.25) is 0 Å². The van der Waals surface area contributed by atoms with Gasteiger partial charge in [0.2, 0.25) is 0 Å². The van der Waals surface area contributed by atoms with Gasteiger partial charge in [0.15, 0.2) is 11.7 Å². The number of nitriles is 1.